The number of aromatic nitrogens is 1. The van der Waals surface area contributed by atoms with E-state index in [1.54, 1.807) is 19.2 Å². The molecule has 21 heavy (non-hydrogen) atoms. The summed E-state index contributed by atoms with van der Waals surface area (Å²) in [5, 5.41) is 12.9. The molecule has 6 heteroatoms. The number of halogens is 1. The second-order valence-electron chi connectivity index (χ2n) is 4.38. The Labute approximate surface area is 127 Å². The number of ether oxygens (including phenoxy) is 1. The van der Waals surface area contributed by atoms with Gasteiger partial charge in [0.15, 0.2) is 0 Å². The van der Waals surface area contributed by atoms with Crippen molar-refractivity contribution in [2.24, 2.45) is 0 Å². The Balaban J connectivity index is 2.04. The van der Waals surface area contributed by atoms with E-state index in [0.717, 1.165) is 5.56 Å². The number of methoxy groups -OCH3 is 1. The molecule has 0 aliphatic heterocycles. The third-order valence-corrected chi connectivity index (χ3v) is 3.23. The maximum absolute atomic E-state index is 12.0. The van der Waals surface area contributed by atoms with Gasteiger partial charge in [-0.25, -0.2) is 0 Å². The van der Waals surface area contributed by atoms with Gasteiger partial charge in [-0.2, -0.15) is 0 Å². The predicted molar refractivity (Wildman–Crippen MR) is 79.4 cm³/mol. The van der Waals surface area contributed by atoms with Gasteiger partial charge in [0.05, 0.1) is 17.9 Å². The summed E-state index contributed by atoms with van der Waals surface area (Å²) in [7, 11) is 1.56. The van der Waals surface area contributed by atoms with Crippen LogP contribution in [0.15, 0.2) is 42.7 Å². The molecule has 0 aliphatic carbocycles. The first kappa shape index (κ1) is 15.3. The standard InChI is InChI=1S/C15H15ClN2O3/c1-21-14(10-3-2-4-11(16)7-10)9-18-15(20)12-5-6-17-8-13(12)19/h2-8,14,19H,9H2,1H3,(H,18,20)/t14-/m0/s1. The quantitative estimate of drug-likeness (QED) is 0.890. The number of hydrogen-bond acceptors (Lipinski definition) is 4. The molecule has 0 bridgehead atoms. The summed E-state index contributed by atoms with van der Waals surface area (Å²) in [4.78, 5) is 15.7. The van der Waals surface area contributed by atoms with Crippen molar-refractivity contribution in [2.45, 2.75) is 6.10 Å². The van der Waals surface area contributed by atoms with Crippen LogP contribution in [-0.2, 0) is 4.74 Å². The van der Waals surface area contributed by atoms with Gasteiger partial charge in [-0.15, -0.1) is 0 Å². The summed E-state index contributed by atoms with van der Waals surface area (Å²) in [6.07, 6.45) is 2.34. The van der Waals surface area contributed by atoms with Crippen LogP contribution in [0.25, 0.3) is 0 Å². The zero-order valence-corrected chi connectivity index (χ0v) is 12.2. The summed E-state index contributed by atoms with van der Waals surface area (Å²) in [5.41, 5.74) is 1.04. The van der Waals surface area contributed by atoms with E-state index in [2.05, 4.69) is 10.3 Å². The number of amides is 1. The Bertz CT molecular complexity index is 634. The van der Waals surface area contributed by atoms with Gasteiger partial charge < -0.3 is 15.2 Å². The van der Waals surface area contributed by atoms with E-state index in [1.807, 2.05) is 12.1 Å². The highest BCUT2D eigenvalue weighted by atomic mass is 35.5. The minimum absolute atomic E-state index is 0.160. The van der Waals surface area contributed by atoms with Crippen LogP contribution in [0.5, 0.6) is 5.75 Å². The van der Waals surface area contributed by atoms with Crippen molar-refractivity contribution in [1.29, 1.82) is 0 Å². The van der Waals surface area contributed by atoms with Crippen LogP contribution in [0.4, 0.5) is 0 Å². The van der Waals surface area contributed by atoms with Crippen molar-refractivity contribution >= 4 is 17.5 Å². The molecule has 1 heterocycles. The van der Waals surface area contributed by atoms with E-state index in [0.29, 0.717) is 5.02 Å². The fourth-order valence-corrected chi connectivity index (χ4v) is 2.10. The van der Waals surface area contributed by atoms with Crippen molar-refractivity contribution in [1.82, 2.24) is 10.3 Å². The molecular formula is C15H15ClN2O3. The van der Waals surface area contributed by atoms with Crippen molar-refractivity contribution in [3.05, 3.63) is 58.9 Å². The van der Waals surface area contributed by atoms with Crippen LogP contribution >= 0.6 is 11.6 Å². The number of carbonyl (C=O) groups excluding carboxylic acids is 1. The molecule has 0 radical (unpaired) electrons. The van der Waals surface area contributed by atoms with Crippen molar-refractivity contribution in [3.8, 4) is 5.75 Å². The summed E-state index contributed by atoms with van der Waals surface area (Å²) in [5.74, 6) is -0.550. The third kappa shape index (κ3) is 3.93. The highest BCUT2D eigenvalue weighted by molar-refractivity contribution is 6.30. The summed E-state index contributed by atoms with van der Waals surface area (Å²) < 4.78 is 5.36. The van der Waals surface area contributed by atoms with Crippen LogP contribution in [-0.4, -0.2) is 29.7 Å². The molecule has 1 aromatic carbocycles. The third-order valence-electron chi connectivity index (χ3n) is 3.00. The van der Waals surface area contributed by atoms with Crippen molar-refractivity contribution in [2.75, 3.05) is 13.7 Å². The molecule has 1 aromatic heterocycles. The molecule has 0 saturated heterocycles. The highest BCUT2D eigenvalue weighted by Crippen LogP contribution is 2.20. The summed E-state index contributed by atoms with van der Waals surface area (Å²) >= 11 is 5.94. The highest BCUT2D eigenvalue weighted by Gasteiger charge is 2.15. The Morgan fingerprint density at radius 3 is 2.95 bits per heavy atom. The largest absolute Gasteiger partial charge is 0.505 e. The molecule has 0 saturated carbocycles. The number of benzene rings is 1. The van der Waals surface area contributed by atoms with E-state index in [4.69, 9.17) is 16.3 Å². The first-order valence-electron chi connectivity index (χ1n) is 6.31. The summed E-state index contributed by atoms with van der Waals surface area (Å²) in [6, 6.07) is 8.69. The van der Waals surface area contributed by atoms with E-state index in [1.165, 1.54) is 18.5 Å². The second kappa shape index (κ2) is 7.06. The first-order valence-corrected chi connectivity index (χ1v) is 6.69. The fraction of sp³-hybridized carbons (Fsp3) is 0.200. The monoisotopic (exact) mass is 306 g/mol. The molecule has 2 N–H and O–H groups in total. The predicted octanol–water partition coefficient (Wildman–Crippen LogP) is 2.56. The number of aromatic hydroxyl groups is 1. The normalized spacial score (nSPS) is 11.9. The fourth-order valence-electron chi connectivity index (χ4n) is 1.90. The molecular weight excluding hydrogens is 292 g/mol. The van der Waals surface area contributed by atoms with Crippen molar-refractivity contribution in [3.63, 3.8) is 0 Å². The molecule has 1 amide bonds. The lowest BCUT2D eigenvalue weighted by Crippen LogP contribution is -2.29. The minimum atomic E-state index is -0.390. The minimum Gasteiger partial charge on any atom is -0.505 e. The van der Waals surface area contributed by atoms with Gasteiger partial charge in [0, 0.05) is 24.9 Å². The van der Waals surface area contributed by atoms with Crippen LogP contribution in [0.3, 0.4) is 0 Å². The number of nitrogens with one attached hydrogen (secondary N) is 1. The van der Waals surface area contributed by atoms with Gasteiger partial charge in [-0.05, 0) is 23.8 Å². The lowest BCUT2D eigenvalue weighted by Gasteiger charge is -2.17. The van der Waals surface area contributed by atoms with Gasteiger partial charge in [0.2, 0.25) is 0 Å². The Morgan fingerprint density at radius 2 is 2.29 bits per heavy atom. The smallest absolute Gasteiger partial charge is 0.255 e. The van der Waals surface area contributed by atoms with Gasteiger partial charge in [0.1, 0.15) is 5.75 Å². The van der Waals surface area contributed by atoms with Gasteiger partial charge in [-0.1, -0.05) is 23.7 Å². The topological polar surface area (TPSA) is 71.5 Å². The average molecular weight is 307 g/mol. The molecule has 1 atom stereocenters. The number of nitrogens with zero attached hydrogens (tertiary/aromatic N) is 1. The first-order chi connectivity index (χ1) is 10.1. The van der Waals surface area contributed by atoms with Gasteiger partial charge in [-0.3, -0.25) is 9.78 Å². The molecule has 0 fully saturated rings. The van der Waals surface area contributed by atoms with Gasteiger partial charge >= 0.3 is 0 Å². The van der Waals surface area contributed by atoms with Crippen LogP contribution in [0.1, 0.15) is 22.0 Å². The van der Waals surface area contributed by atoms with Gasteiger partial charge in [0.25, 0.3) is 5.91 Å². The molecule has 2 rings (SSSR count). The number of rotatable bonds is 5. The number of carbonyl (C=O) groups is 1. The van der Waals surface area contributed by atoms with E-state index >= 15 is 0 Å². The van der Waals surface area contributed by atoms with Crippen molar-refractivity contribution < 1.29 is 14.6 Å². The maximum Gasteiger partial charge on any atom is 0.255 e. The lowest BCUT2D eigenvalue weighted by molar-refractivity contribution is 0.0826. The molecule has 0 spiro atoms. The van der Waals surface area contributed by atoms with E-state index < -0.39 is 0 Å². The molecule has 2 aromatic rings. The molecule has 0 aliphatic rings. The van der Waals surface area contributed by atoms with E-state index in [-0.39, 0.29) is 29.9 Å². The average Bonchev–Trinajstić information content (AvgIpc) is 2.48. The molecule has 110 valence electrons. The number of hydrogen-bond donors (Lipinski definition) is 2. The SMILES string of the molecule is CO[C@@H](CNC(=O)c1ccncc1O)c1cccc(Cl)c1. The Hall–Kier alpha value is -2.11. The van der Waals surface area contributed by atoms with Crippen LogP contribution in [0, 0.1) is 0 Å². The maximum atomic E-state index is 12.0. The zero-order chi connectivity index (χ0) is 15.2. The Kier molecular flexibility index (Phi) is 5.14. The van der Waals surface area contributed by atoms with E-state index in [9.17, 15) is 9.90 Å². The molecule has 0 unspecified atom stereocenters. The number of pyridine rings is 1. The zero-order valence-electron chi connectivity index (χ0n) is 11.4. The van der Waals surface area contributed by atoms with Crippen LogP contribution in [0.2, 0.25) is 5.02 Å². The molecule has 5 nitrogen and oxygen atoms in total. The van der Waals surface area contributed by atoms with Crippen LogP contribution < -0.4 is 5.32 Å². The lowest BCUT2D eigenvalue weighted by atomic mass is 10.1. The summed E-state index contributed by atoms with van der Waals surface area (Å²) in [6.45, 7) is 0.261. The second-order valence-corrected chi connectivity index (χ2v) is 4.82. The Morgan fingerprint density at radius 1 is 1.48 bits per heavy atom.